The molecule has 2 rings (SSSR count). The summed E-state index contributed by atoms with van der Waals surface area (Å²) in [6, 6.07) is 3.02. The summed E-state index contributed by atoms with van der Waals surface area (Å²) in [5.41, 5.74) is 0.171. The number of nitrogens with one attached hydrogen (secondary N) is 2. The largest absolute Gasteiger partial charge is 0.504 e. The fourth-order valence-corrected chi connectivity index (χ4v) is 2.18. The van der Waals surface area contributed by atoms with Crippen LogP contribution < -0.4 is 16.0 Å². The van der Waals surface area contributed by atoms with E-state index in [0.717, 1.165) is 0 Å². The van der Waals surface area contributed by atoms with Crippen molar-refractivity contribution in [3.8, 4) is 11.5 Å². The molecule has 0 saturated heterocycles. The number of aryl methyl sites for hydroxylation is 1. The molecule has 0 fully saturated rings. The van der Waals surface area contributed by atoms with E-state index >= 15 is 0 Å². The fourth-order valence-electron chi connectivity index (χ4n) is 1.95. The number of phenolic OH excluding ortho intramolecular Hbond substituents is 1. The Kier molecular flexibility index (Phi) is 3.85. The van der Waals surface area contributed by atoms with Crippen LogP contribution in [0.2, 0.25) is 5.02 Å². The van der Waals surface area contributed by atoms with E-state index in [2.05, 4.69) is 9.97 Å². The molecule has 1 heterocycles. The number of aromatic amines is 2. The van der Waals surface area contributed by atoms with Crippen molar-refractivity contribution in [3.63, 3.8) is 0 Å². The van der Waals surface area contributed by atoms with E-state index in [1.807, 2.05) is 0 Å². The van der Waals surface area contributed by atoms with Crippen molar-refractivity contribution in [2.24, 2.45) is 0 Å². The third kappa shape index (κ3) is 2.70. The summed E-state index contributed by atoms with van der Waals surface area (Å²) in [6.45, 7) is 1.62. The maximum Gasteiger partial charge on any atom is 0.325 e. The standard InChI is InChI=1S/C13H13ClN2O4/c1-6-9(12(18)16-13(19)15-6)4-7-3-8(14)5-10(20-2)11(7)17/h3,5,17H,4H2,1-2H3,(H2,15,16,18,19). The van der Waals surface area contributed by atoms with Gasteiger partial charge in [0.25, 0.3) is 5.56 Å². The summed E-state index contributed by atoms with van der Waals surface area (Å²) < 4.78 is 5.01. The number of ether oxygens (including phenoxy) is 1. The summed E-state index contributed by atoms with van der Waals surface area (Å²) in [6.07, 6.45) is 0.126. The zero-order chi connectivity index (χ0) is 14.9. The molecule has 1 aromatic carbocycles. The minimum absolute atomic E-state index is 0.0816. The van der Waals surface area contributed by atoms with Gasteiger partial charge in [-0.15, -0.1) is 0 Å². The molecule has 0 atom stereocenters. The van der Waals surface area contributed by atoms with Crippen molar-refractivity contribution in [1.82, 2.24) is 9.97 Å². The SMILES string of the molecule is COc1cc(Cl)cc(Cc2c(C)[nH]c(=O)[nH]c2=O)c1O. The minimum Gasteiger partial charge on any atom is -0.504 e. The smallest absolute Gasteiger partial charge is 0.325 e. The Morgan fingerprint density at radius 2 is 2.00 bits per heavy atom. The Hall–Kier alpha value is -2.21. The lowest BCUT2D eigenvalue weighted by Crippen LogP contribution is -2.27. The van der Waals surface area contributed by atoms with Crippen LogP contribution in [-0.2, 0) is 6.42 Å². The number of phenols is 1. The van der Waals surface area contributed by atoms with E-state index in [1.54, 1.807) is 13.0 Å². The molecular formula is C13H13ClN2O4. The second-order valence-electron chi connectivity index (χ2n) is 4.30. The molecule has 106 valence electrons. The molecule has 0 amide bonds. The van der Waals surface area contributed by atoms with Gasteiger partial charge in [0, 0.05) is 34.3 Å². The van der Waals surface area contributed by atoms with E-state index in [0.29, 0.717) is 21.8 Å². The molecule has 2 aromatic rings. The van der Waals surface area contributed by atoms with Crippen molar-refractivity contribution in [1.29, 1.82) is 0 Å². The third-order valence-corrected chi connectivity index (χ3v) is 3.18. The Balaban J connectivity index is 2.53. The van der Waals surface area contributed by atoms with Gasteiger partial charge < -0.3 is 14.8 Å². The summed E-state index contributed by atoms with van der Waals surface area (Å²) in [4.78, 5) is 27.6. The van der Waals surface area contributed by atoms with Gasteiger partial charge in [0.2, 0.25) is 0 Å². The number of hydrogen-bond acceptors (Lipinski definition) is 4. The molecule has 0 aliphatic rings. The van der Waals surface area contributed by atoms with Crippen molar-refractivity contribution in [2.45, 2.75) is 13.3 Å². The minimum atomic E-state index is -0.566. The van der Waals surface area contributed by atoms with Crippen LogP contribution in [0.5, 0.6) is 11.5 Å². The molecule has 0 bridgehead atoms. The van der Waals surface area contributed by atoms with Crippen LogP contribution in [0.3, 0.4) is 0 Å². The van der Waals surface area contributed by atoms with E-state index in [4.69, 9.17) is 16.3 Å². The highest BCUT2D eigenvalue weighted by atomic mass is 35.5. The molecule has 1 aromatic heterocycles. The topological polar surface area (TPSA) is 95.2 Å². The van der Waals surface area contributed by atoms with Gasteiger partial charge in [-0.2, -0.15) is 0 Å². The number of aromatic hydroxyl groups is 1. The lowest BCUT2D eigenvalue weighted by Gasteiger charge is -2.10. The van der Waals surface area contributed by atoms with E-state index in [1.165, 1.54) is 13.2 Å². The summed E-state index contributed by atoms with van der Waals surface area (Å²) >= 11 is 5.94. The maximum atomic E-state index is 11.8. The van der Waals surface area contributed by atoms with Crippen LogP contribution >= 0.6 is 11.6 Å². The normalized spacial score (nSPS) is 10.6. The van der Waals surface area contributed by atoms with Gasteiger partial charge in [-0.1, -0.05) is 11.6 Å². The number of rotatable bonds is 3. The summed E-state index contributed by atoms with van der Waals surface area (Å²) in [5, 5.41) is 10.4. The number of aromatic nitrogens is 2. The van der Waals surface area contributed by atoms with Crippen molar-refractivity contribution in [3.05, 3.63) is 54.8 Å². The van der Waals surface area contributed by atoms with E-state index in [9.17, 15) is 14.7 Å². The van der Waals surface area contributed by atoms with Gasteiger partial charge in [-0.25, -0.2) is 4.79 Å². The summed E-state index contributed by atoms with van der Waals surface area (Å²) in [5.74, 6) is 0.146. The highest BCUT2D eigenvalue weighted by molar-refractivity contribution is 6.30. The Morgan fingerprint density at radius 1 is 1.30 bits per heavy atom. The molecule has 0 saturated carbocycles. The van der Waals surface area contributed by atoms with Crippen molar-refractivity contribution in [2.75, 3.05) is 7.11 Å². The molecule has 0 unspecified atom stereocenters. The monoisotopic (exact) mass is 296 g/mol. The van der Waals surface area contributed by atoms with Gasteiger partial charge in [0.05, 0.1) is 7.11 Å². The quantitative estimate of drug-likeness (QED) is 0.796. The van der Waals surface area contributed by atoms with Gasteiger partial charge in [0.1, 0.15) is 0 Å². The van der Waals surface area contributed by atoms with Crippen molar-refractivity contribution < 1.29 is 9.84 Å². The number of halogens is 1. The van der Waals surface area contributed by atoms with Crippen LogP contribution in [0.15, 0.2) is 21.7 Å². The molecular weight excluding hydrogens is 284 g/mol. The molecule has 20 heavy (non-hydrogen) atoms. The Morgan fingerprint density at radius 3 is 2.60 bits per heavy atom. The molecule has 7 heteroatoms. The highest BCUT2D eigenvalue weighted by Gasteiger charge is 2.14. The number of H-pyrrole nitrogens is 2. The first-order valence-electron chi connectivity index (χ1n) is 5.80. The van der Waals surface area contributed by atoms with Gasteiger partial charge in [-0.05, 0) is 13.0 Å². The van der Waals surface area contributed by atoms with Crippen LogP contribution in [0, 0.1) is 6.92 Å². The zero-order valence-electron chi connectivity index (χ0n) is 10.9. The van der Waals surface area contributed by atoms with Gasteiger partial charge in [-0.3, -0.25) is 9.78 Å². The average molecular weight is 297 g/mol. The average Bonchev–Trinajstić information content (AvgIpc) is 2.37. The molecule has 0 aliphatic heterocycles. The van der Waals surface area contributed by atoms with Crippen LogP contribution in [0.25, 0.3) is 0 Å². The van der Waals surface area contributed by atoms with Crippen LogP contribution in [0.4, 0.5) is 0 Å². The molecule has 0 radical (unpaired) electrons. The van der Waals surface area contributed by atoms with Crippen LogP contribution in [-0.4, -0.2) is 22.2 Å². The number of hydrogen-bond donors (Lipinski definition) is 3. The lowest BCUT2D eigenvalue weighted by molar-refractivity contribution is 0.371. The first-order valence-corrected chi connectivity index (χ1v) is 6.17. The number of methoxy groups -OCH3 is 1. The van der Waals surface area contributed by atoms with Crippen molar-refractivity contribution >= 4 is 11.6 Å². The predicted octanol–water partition coefficient (Wildman–Crippen LogP) is 1.33. The van der Waals surface area contributed by atoms with E-state index < -0.39 is 11.2 Å². The van der Waals surface area contributed by atoms with Gasteiger partial charge in [0.15, 0.2) is 11.5 Å². The molecule has 3 N–H and O–H groups in total. The molecule has 0 aliphatic carbocycles. The second-order valence-corrected chi connectivity index (χ2v) is 4.74. The third-order valence-electron chi connectivity index (χ3n) is 2.96. The lowest BCUT2D eigenvalue weighted by atomic mass is 10.0. The number of benzene rings is 1. The maximum absolute atomic E-state index is 11.8. The van der Waals surface area contributed by atoms with Gasteiger partial charge >= 0.3 is 5.69 Å². The summed E-state index contributed by atoms with van der Waals surface area (Å²) in [7, 11) is 1.41. The molecule has 6 nitrogen and oxygen atoms in total. The Labute approximate surface area is 119 Å². The first-order chi connectivity index (χ1) is 9.42. The highest BCUT2D eigenvalue weighted by Crippen LogP contribution is 2.34. The predicted molar refractivity (Wildman–Crippen MR) is 74.9 cm³/mol. The molecule has 0 spiro atoms. The second kappa shape index (κ2) is 5.42. The Bertz CT molecular complexity index is 764. The zero-order valence-corrected chi connectivity index (χ0v) is 11.7. The fraction of sp³-hybridized carbons (Fsp3) is 0.231. The first kappa shape index (κ1) is 14.2. The van der Waals surface area contributed by atoms with Crippen LogP contribution in [0.1, 0.15) is 16.8 Å². The van der Waals surface area contributed by atoms with E-state index in [-0.39, 0.29) is 17.9 Å².